The molecule has 2 rings (SSSR count). The molecule has 0 spiro atoms. The Morgan fingerprint density at radius 3 is 2.78 bits per heavy atom. The van der Waals surface area contributed by atoms with Gasteiger partial charge in [-0.2, -0.15) is 5.26 Å². The summed E-state index contributed by atoms with van der Waals surface area (Å²) < 4.78 is 0. The van der Waals surface area contributed by atoms with E-state index in [4.69, 9.17) is 0 Å². The first kappa shape index (κ1) is 18.0. The van der Waals surface area contributed by atoms with E-state index in [0.717, 1.165) is 37.2 Å². The lowest BCUT2D eigenvalue weighted by Gasteiger charge is -2.17. The predicted molar refractivity (Wildman–Crippen MR) is 95.9 cm³/mol. The first-order valence-electron chi connectivity index (χ1n) is 8.54. The number of thiophene rings is 1. The van der Waals surface area contributed by atoms with Crippen LogP contribution in [0.1, 0.15) is 55.5 Å². The molecule has 23 heavy (non-hydrogen) atoms. The summed E-state index contributed by atoms with van der Waals surface area (Å²) in [4.78, 5) is 15.6. The highest BCUT2D eigenvalue weighted by atomic mass is 32.1. The molecule has 1 aromatic heterocycles. The van der Waals surface area contributed by atoms with E-state index in [1.54, 1.807) is 11.3 Å². The molecule has 1 aliphatic rings. The van der Waals surface area contributed by atoms with E-state index >= 15 is 0 Å². The smallest absolute Gasteiger partial charge is 0.239 e. The van der Waals surface area contributed by atoms with Gasteiger partial charge in [0.1, 0.15) is 11.1 Å². The highest BCUT2D eigenvalue weighted by Crippen LogP contribution is 2.36. The standard InChI is InChI=1S/C18H27N3OS/c1-13(2)9-10-21(3)12-17(22)20-18-15(11-19)14-7-5-4-6-8-16(14)23-18/h13H,4-10,12H2,1-3H3,(H,20,22). The minimum absolute atomic E-state index is 0.0239. The van der Waals surface area contributed by atoms with Crippen molar-refractivity contribution in [3.05, 3.63) is 16.0 Å². The molecule has 0 aromatic carbocycles. The number of nitrogens with zero attached hydrogens (tertiary/aromatic N) is 2. The molecule has 0 fully saturated rings. The fourth-order valence-electron chi connectivity index (χ4n) is 2.92. The number of likely N-dealkylation sites (N-methyl/N-ethyl adjacent to an activating group) is 1. The van der Waals surface area contributed by atoms with Crippen molar-refractivity contribution in [3.63, 3.8) is 0 Å². The van der Waals surface area contributed by atoms with Crippen LogP contribution in [0.15, 0.2) is 0 Å². The van der Waals surface area contributed by atoms with Crippen LogP contribution in [0.4, 0.5) is 5.00 Å². The molecule has 1 N–H and O–H groups in total. The predicted octanol–water partition coefficient (Wildman–Crippen LogP) is 3.81. The monoisotopic (exact) mass is 333 g/mol. The van der Waals surface area contributed by atoms with Gasteiger partial charge in [0.25, 0.3) is 0 Å². The Morgan fingerprint density at radius 2 is 2.09 bits per heavy atom. The lowest BCUT2D eigenvalue weighted by molar-refractivity contribution is -0.117. The number of rotatable bonds is 6. The number of carbonyl (C=O) groups is 1. The Labute approximate surface area is 143 Å². The fourth-order valence-corrected chi connectivity index (χ4v) is 4.17. The lowest BCUT2D eigenvalue weighted by Crippen LogP contribution is -2.31. The molecule has 5 heteroatoms. The molecular weight excluding hydrogens is 306 g/mol. The summed E-state index contributed by atoms with van der Waals surface area (Å²) in [5, 5.41) is 13.2. The molecular formula is C18H27N3OS. The second-order valence-corrected chi connectivity index (χ2v) is 7.95. The van der Waals surface area contributed by atoms with E-state index in [1.807, 2.05) is 11.9 Å². The van der Waals surface area contributed by atoms with Crippen molar-refractivity contribution in [1.82, 2.24) is 4.90 Å². The summed E-state index contributed by atoms with van der Waals surface area (Å²) in [7, 11) is 1.97. The Balaban J connectivity index is 2.00. The highest BCUT2D eigenvalue weighted by Gasteiger charge is 2.21. The number of aryl methyl sites for hydroxylation is 1. The molecule has 1 heterocycles. The normalized spacial score (nSPS) is 14.4. The third-order valence-electron chi connectivity index (χ3n) is 4.29. The van der Waals surface area contributed by atoms with Crippen molar-refractivity contribution in [3.8, 4) is 6.07 Å². The fraction of sp³-hybridized carbons (Fsp3) is 0.667. The van der Waals surface area contributed by atoms with Crippen LogP contribution in [0.5, 0.6) is 0 Å². The Kier molecular flexibility index (Phi) is 6.61. The van der Waals surface area contributed by atoms with Gasteiger partial charge in [0.15, 0.2) is 0 Å². The summed E-state index contributed by atoms with van der Waals surface area (Å²) in [5.41, 5.74) is 1.88. The van der Waals surface area contributed by atoms with Gasteiger partial charge >= 0.3 is 0 Å². The van der Waals surface area contributed by atoms with Crippen molar-refractivity contribution in [2.75, 3.05) is 25.5 Å². The number of fused-ring (bicyclic) bond motifs is 1. The molecule has 126 valence electrons. The Hall–Kier alpha value is -1.38. The third kappa shape index (κ3) is 5.05. The molecule has 1 amide bonds. The van der Waals surface area contributed by atoms with Crippen molar-refractivity contribution in [1.29, 1.82) is 5.26 Å². The average Bonchev–Trinajstić information content (AvgIpc) is 2.66. The van der Waals surface area contributed by atoms with Crippen molar-refractivity contribution < 1.29 is 4.79 Å². The van der Waals surface area contributed by atoms with Crippen LogP contribution < -0.4 is 5.32 Å². The van der Waals surface area contributed by atoms with Gasteiger partial charge in [-0.3, -0.25) is 9.69 Å². The largest absolute Gasteiger partial charge is 0.315 e. The number of nitrogens with one attached hydrogen (secondary N) is 1. The van der Waals surface area contributed by atoms with E-state index in [1.165, 1.54) is 23.3 Å². The summed E-state index contributed by atoms with van der Waals surface area (Å²) in [6, 6.07) is 2.31. The lowest BCUT2D eigenvalue weighted by atomic mass is 10.1. The van der Waals surface area contributed by atoms with Crippen LogP contribution in [0.3, 0.4) is 0 Å². The summed E-state index contributed by atoms with van der Waals surface area (Å²) in [6.45, 7) is 5.66. The zero-order valence-corrected chi connectivity index (χ0v) is 15.3. The molecule has 0 aliphatic heterocycles. The minimum Gasteiger partial charge on any atom is -0.315 e. The highest BCUT2D eigenvalue weighted by molar-refractivity contribution is 7.16. The van der Waals surface area contributed by atoms with Gasteiger partial charge in [0, 0.05) is 4.88 Å². The van der Waals surface area contributed by atoms with Gasteiger partial charge in [0.2, 0.25) is 5.91 Å². The third-order valence-corrected chi connectivity index (χ3v) is 5.49. The quantitative estimate of drug-likeness (QED) is 0.806. The SMILES string of the molecule is CC(C)CCN(C)CC(=O)Nc1sc2c(c1C#N)CCCCC2. The van der Waals surface area contributed by atoms with Crippen molar-refractivity contribution in [2.45, 2.75) is 52.4 Å². The molecule has 0 saturated heterocycles. The average molecular weight is 334 g/mol. The number of nitriles is 1. The maximum absolute atomic E-state index is 12.3. The van der Waals surface area contributed by atoms with Gasteiger partial charge in [-0.1, -0.05) is 20.3 Å². The van der Waals surface area contributed by atoms with Crippen LogP contribution in [0.2, 0.25) is 0 Å². The molecule has 1 aromatic rings. The van der Waals surface area contributed by atoms with E-state index in [-0.39, 0.29) is 5.91 Å². The van der Waals surface area contributed by atoms with Gasteiger partial charge in [-0.25, -0.2) is 0 Å². The maximum atomic E-state index is 12.3. The topological polar surface area (TPSA) is 56.1 Å². The number of hydrogen-bond donors (Lipinski definition) is 1. The molecule has 4 nitrogen and oxygen atoms in total. The van der Waals surface area contributed by atoms with Crippen molar-refractivity contribution >= 4 is 22.2 Å². The zero-order valence-electron chi connectivity index (χ0n) is 14.4. The summed E-state index contributed by atoms with van der Waals surface area (Å²) in [6.07, 6.45) is 6.65. The molecule has 0 radical (unpaired) electrons. The maximum Gasteiger partial charge on any atom is 0.239 e. The van der Waals surface area contributed by atoms with Crippen LogP contribution in [-0.4, -0.2) is 30.9 Å². The number of hydrogen-bond acceptors (Lipinski definition) is 4. The van der Waals surface area contributed by atoms with Gasteiger partial charge in [0.05, 0.1) is 12.1 Å². The van der Waals surface area contributed by atoms with E-state index in [0.29, 0.717) is 18.0 Å². The first-order chi connectivity index (χ1) is 11.0. The van der Waals surface area contributed by atoms with Crippen LogP contribution >= 0.6 is 11.3 Å². The van der Waals surface area contributed by atoms with Gasteiger partial charge in [-0.05, 0) is 57.2 Å². The number of carbonyl (C=O) groups excluding carboxylic acids is 1. The van der Waals surface area contributed by atoms with E-state index in [9.17, 15) is 10.1 Å². The second kappa shape index (κ2) is 8.47. The van der Waals surface area contributed by atoms with Crippen LogP contribution in [-0.2, 0) is 17.6 Å². The van der Waals surface area contributed by atoms with E-state index < -0.39 is 0 Å². The zero-order chi connectivity index (χ0) is 16.8. The van der Waals surface area contributed by atoms with Crippen LogP contribution in [0.25, 0.3) is 0 Å². The number of amides is 1. The summed E-state index contributed by atoms with van der Waals surface area (Å²) in [5.74, 6) is 0.614. The molecule has 0 atom stereocenters. The minimum atomic E-state index is -0.0239. The Bertz CT molecular complexity index is 586. The van der Waals surface area contributed by atoms with Crippen molar-refractivity contribution in [2.24, 2.45) is 5.92 Å². The van der Waals surface area contributed by atoms with Gasteiger partial charge < -0.3 is 5.32 Å². The summed E-state index contributed by atoms with van der Waals surface area (Å²) >= 11 is 1.60. The Morgan fingerprint density at radius 1 is 1.35 bits per heavy atom. The van der Waals surface area contributed by atoms with Crippen LogP contribution in [0, 0.1) is 17.2 Å². The molecule has 0 bridgehead atoms. The first-order valence-corrected chi connectivity index (χ1v) is 9.36. The number of anilines is 1. The molecule has 0 unspecified atom stereocenters. The molecule has 1 aliphatic carbocycles. The second-order valence-electron chi connectivity index (χ2n) is 6.85. The van der Waals surface area contributed by atoms with E-state index in [2.05, 4.69) is 25.2 Å². The van der Waals surface area contributed by atoms with Gasteiger partial charge in [-0.15, -0.1) is 11.3 Å². The molecule has 0 saturated carbocycles.